The van der Waals surface area contributed by atoms with Gasteiger partial charge in [0.1, 0.15) is 11.6 Å². The van der Waals surface area contributed by atoms with Crippen molar-refractivity contribution in [2.75, 3.05) is 6.61 Å². The molecule has 1 aromatic heterocycles. The van der Waals surface area contributed by atoms with Crippen LogP contribution in [-0.4, -0.2) is 22.1 Å². The summed E-state index contributed by atoms with van der Waals surface area (Å²) in [4.78, 5) is 17.6. The van der Waals surface area contributed by atoms with E-state index in [2.05, 4.69) is 35.9 Å². The second-order valence-corrected chi connectivity index (χ2v) is 8.59. The molecule has 0 saturated carbocycles. The highest BCUT2D eigenvalue weighted by Gasteiger charge is 2.20. The van der Waals surface area contributed by atoms with Crippen LogP contribution in [-0.2, 0) is 6.54 Å². The zero-order chi connectivity index (χ0) is 23.4. The van der Waals surface area contributed by atoms with Crippen LogP contribution in [0.1, 0.15) is 46.7 Å². The first-order valence-electron chi connectivity index (χ1n) is 11.1. The quantitative estimate of drug-likeness (QED) is 0.315. The van der Waals surface area contributed by atoms with Gasteiger partial charge in [-0.15, -0.1) is 0 Å². The van der Waals surface area contributed by atoms with E-state index >= 15 is 0 Å². The first kappa shape index (κ1) is 22.9. The number of hydrogen-bond acceptors (Lipinski definition) is 3. The Morgan fingerprint density at radius 1 is 1.06 bits per heavy atom. The number of carbonyl (C=O) groups is 1. The van der Waals surface area contributed by atoms with Crippen molar-refractivity contribution < 1.29 is 9.53 Å². The van der Waals surface area contributed by atoms with Crippen LogP contribution in [0.2, 0.25) is 5.02 Å². The number of nitrogens with one attached hydrogen (secondary N) is 1. The monoisotopic (exact) mass is 461 g/mol. The number of imidazole rings is 1. The number of aryl methyl sites for hydroxylation is 2. The highest BCUT2D eigenvalue weighted by atomic mass is 35.5. The van der Waals surface area contributed by atoms with E-state index < -0.39 is 0 Å². The fourth-order valence-electron chi connectivity index (χ4n) is 3.93. The highest BCUT2D eigenvalue weighted by Crippen LogP contribution is 2.24. The lowest BCUT2D eigenvalue weighted by molar-refractivity contribution is 0.0937. The number of aromatic nitrogens is 2. The van der Waals surface area contributed by atoms with Gasteiger partial charge < -0.3 is 14.6 Å². The van der Waals surface area contributed by atoms with Crippen LogP contribution in [0.15, 0.2) is 66.7 Å². The second kappa shape index (κ2) is 10.1. The zero-order valence-corrected chi connectivity index (χ0v) is 19.9. The summed E-state index contributed by atoms with van der Waals surface area (Å²) in [6.45, 7) is 7.43. The second-order valence-electron chi connectivity index (χ2n) is 8.19. The molecule has 0 radical (unpaired) electrons. The first-order chi connectivity index (χ1) is 16.0. The average molecular weight is 462 g/mol. The van der Waals surface area contributed by atoms with E-state index in [-0.39, 0.29) is 11.9 Å². The number of hydrogen-bond donors (Lipinski definition) is 1. The number of para-hydroxylation sites is 2. The van der Waals surface area contributed by atoms with Crippen LogP contribution in [0, 0.1) is 13.8 Å². The molecule has 0 aliphatic heterocycles. The summed E-state index contributed by atoms with van der Waals surface area (Å²) in [6, 6.07) is 20.9. The first-order valence-corrected chi connectivity index (χ1v) is 11.5. The molecule has 170 valence electrons. The van der Waals surface area contributed by atoms with Gasteiger partial charge in [0.05, 0.1) is 34.3 Å². The van der Waals surface area contributed by atoms with Crippen molar-refractivity contribution in [3.05, 3.63) is 94.3 Å². The minimum Gasteiger partial charge on any atom is -0.493 e. The van der Waals surface area contributed by atoms with E-state index in [9.17, 15) is 4.79 Å². The molecule has 1 heterocycles. The Bertz CT molecular complexity index is 1280. The van der Waals surface area contributed by atoms with Crippen LogP contribution in [0.3, 0.4) is 0 Å². The summed E-state index contributed by atoms with van der Waals surface area (Å²) >= 11 is 6.20. The Morgan fingerprint density at radius 3 is 2.64 bits per heavy atom. The molecule has 5 nitrogen and oxygen atoms in total. The molecule has 3 aromatic carbocycles. The Hall–Kier alpha value is -3.31. The summed E-state index contributed by atoms with van der Waals surface area (Å²) in [6.07, 6.45) is 0.811. The third-order valence-electron chi connectivity index (χ3n) is 5.88. The third-order valence-corrected chi connectivity index (χ3v) is 6.21. The maximum absolute atomic E-state index is 12.8. The van der Waals surface area contributed by atoms with Crippen LogP contribution in [0.25, 0.3) is 11.0 Å². The van der Waals surface area contributed by atoms with Crippen LogP contribution in [0.5, 0.6) is 5.75 Å². The molecule has 1 N–H and O–H groups in total. The number of benzene rings is 3. The maximum atomic E-state index is 12.8. The molecule has 4 rings (SSSR count). The minimum absolute atomic E-state index is 0.218. The molecule has 6 heteroatoms. The number of carbonyl (C=O) groups excluding carboxylic acids is 1. The predicted molar refractivity (Wildman–Crippen MR) is 133 cm³/mol. The fraction of sp³-hybridized carbons (Fsp3) is 0.259. The van der Waals surface area contributed by atoms with Gasteiger partial charge in [-0.25, -0.2) is 4.98 Å². The standard InChI is InChI=1S/C27H28ClN3O2/c1-18-10-8-15-25(19(18)2)33-17-9-16-31-24-14-7-6-13-23(24)30-26(31)20(3)29-27(32)21-11-4-5-12-22(21)28/h4-8,10-15,20H,9,16-17H2,1-3H3,(H,29,32). The summed E-state index contributed by atoms with van der Waals surface area (Å²) in [7, 11) is 0. The van der Waals surface area contributed by atoms with Crippen molar-refractivity contribution >= 4 is 28.5 Å². The van der Waals surface area contributed by atoms with Crippen molar-refractivity contribution in [3.8, 4) is 5.75 Å². The molecular formula is C27H28ClN3O2. The van der Waals surface area contributed by atoms with E-state index in [1.54, 1.807) is 18.2 Å². The molecule has 1 amide bonds. The van der Waals surface area contributed by atoms with E-state index in [1.807, 2.05) is 43.3 Å². The lowest BCUT2D eigenvalue weighted by Gasteiger charge is -2.17. The lowest BCUT2D eigenvalue weighted by Crippen LogP contribution is -2.29. The lowest BCUT2D eigenvalue weighted by atomic mass is 10.1. The van der Waals surface area contributed by atoms with E-state index in [1.165, 1.54) is 11.1 Å². The van der Waals surface area contributed by atoms with Gasteiger partial charge in [0.15, 0.2) is 0 Å². The van der Waals surface area contributed by atoms with Crippen molar-refractivity contribution in [2.24, 2.45) is 0 Å². The van der Waals surface area contributed by atoms with Gasteiger partial charge in [0.2, 0.25) is 0 Å². The highest BCUT2D eigenvalue weighted by molar-refractivity contribution is 6.33. The van der Waals surface area contributed by atoms with Crippen molar-refractivity contribution in [1.82, 2.24) is 14.9 Å². The van der Waals surface area contributed by atoms with E-state index in [0.717, 1.165) is 35.6 Å². The van der Waals surface area contributed by atoms with Gasteiger partial charge in [-0.2, -0.15) is 0 Å². The smallest absolute Gasteiger partial charge is 0.253 e. The molecule has 0 bridgehead atoms. The summed E-state index contributed by atoms with van der Waals surface area (Å²) < 4.78 is 8.21. The Labute approximate surface area is 199 Å². The maximum Gasteiger partial charge on any atom is 0.253 e. The molecule has 0 aliphatic rings. The topological polar surface area (TPSA) is 56.1 Å². The van der Waals surface area contributed by atoms with Crippen LogP contribution in [0.4, 0.5) is 0 Å². The molecule has 0 aliphatic carbocycles. The molecule has 33 heavy (non-hydrogen) atoms. The molecule has 0 fully saturated rings. The number of nitrogens with zero attached hydrogens (tertiary/aromatic N) is 2. The number of amides is 1. The van der Waals surface area contributed by atoms with Gasteiger partial charge >= 0.3 is 0 Å². The van der Waals surface area contributed by atoms with E-state index in [4.69, 9.17) is 21.3 Å². The minimum atomic E-state index is -0.291. The Balaban J connectivity index is 1.50. The van der Waals surface area contributed by atoms with Gasteiger partial charge in [-0.05, 0) is 68.7 Å². The third kappa shape index (κ3) is 5.04. The average Bonchev–Trinajstić information content (AvgIpc) is 3.18. The summed E-state index contributed by atoms with van der Waals surface area (Å²) in [5.74, 6) is 1.51. The number of ether oxygens (including phenoxy) is 1. The van der Waals surface area contributed by atoms with Crippen LogP contribution < -0.4 is 10.1 Å². The number of fused-ring (bicyclic) bond motifs is 1. The molecule has 4 aromatic rings. The SMILES string of the molecule is Cc1cccc(OCCCn2c(C(C)NC(=O)c3ccccc3Cl)nc3ccccc32)c1C. The zero-order valence-electron chi connectivity index (χ0n) is 19.1. The molecule has 0 saturated heterocycles. The number of halogens is 1. The normalized spacial score (nSPS) is 12.0. The largest absolute Gasteiger partial charge is 0.493 e. The molecule has 1 atom stereocenters. The van der Waals surface area contributed by atoms with Gasteiger partial charge in [-0.1, -0.05) is 48.0 Å². The van der Waals surface area contributed by atoms with Gasteiger partial charge in [0, 0.05) is 6.54 Å². The molecule has 0 spiro atoms. The molecule has 1 unspecified atom stereocenters. The summed E-state index contributed by atoms with van der Waals surface area (Å²) in [5.41, 5.74) is 4.79. The predicted octanol–water partition coefficient (Wildman–Crippen LogP) is 6.27. The van der Waals surface area contributed by atoms with Crippen molar-refractivity contribution in [2.45, 2.75) is 39.8 Å². The van der Waals surface area contributed by atoms with Crippen LogP contribution >= 0.6 is 11.6 Å². The fourth-order valence-corrected chi connectivity index (χ4v) is 4.15. The van der Waals surface area contributed by atoms with Gasteiger partial charge in [-0.3, -0.25) is 4.79 Å². The van der Waals surface area contributed by atoms with Crippen molar-refractivity contribution in [3.63, 3.8) is 0 Å². The van der Waals surface area contributed by atoms with E-state index in [0.29, 0.717) is 17.2 Å². The number of rotatable bonds is 8. The van der Waals surface area contributed by atoms with Crippen molar-refractivity contribution in [1.29, 1.82) is 0 Å². The molecular weight excluding hydrogens is 434 g/mol. The summed E-state index contributed by atoms with van der Waals surface area (Å²) in [5, 5.41) is 3.48. The Morgan fingerprint density at radius 2 is 1.82 bits per heavy atom. The Kier molecular flexibility index (Phi) is 6.99. The van der Waals surface area contributed by atoms with Gasteiger partial charge in [0.25, 0.3) is 5.91 Å².